The highest BCUT2D eigenvalue weighted by molar-refractivity contribution is 5.55. The van der Waals surface area contributed by atoms with Gasteiger partial charge in [-0.2, -0.15) is 0 Å². The van der Waals surface area contributed by atoms with Crippen LogP contribution in [-0.2, 0) is 15.6 Å². The zero-order valence-electron chi connectivity index (χ0n) is 20.3. The SMILES string of the molecule is O=C=C1N=c2ccc(C3(c4ccccc4)CCCCC3)c(C3(c4ccccc4)CCCCC3)c2=N1. The molecule has 3 nitrogen and oxygen atoms in total. The highest BCUT2D eigenvalue weighted by atomic mass is 16.1. The second kappa shape index (κ2) is 9.06. The molecule has 1 heterocycles. The number of fused-ring (bicyclic) bond motifs is 1. The van der Waals surface area contributed by atoms with Gasteiger partial charge in [0.15, 0.2) is 5.94 Å². The maximum absolute atomic E-state index is 11.6. The Morgan fingerprint density at radius 1 is 0.600 bits per heavy atom. The number of nitrogens with zero attached hydrogens (tertiary/aromatic N) is 2. The fourth-order valence-corrected chi connectivity index (χ4v) is 7.18. The number of hydrogen-bond donors (Lipinski definition) is 0. The Morgan fingerprint density at radius 3 is 1.71 bits per heavy atom. The summed E-state index contributed by atoms with van der Waals surface area (Å²) in [4.78, 5) is 21.0. The van der Waals surface area contributed by atoms with Crippen molar-refractivity contribution >= 4 is 5.94 Å². The van der Waals surface area contributed by atoms with Crippen molar-refractivity contribution in [3.8, 4) is 0 Å². The molecule has 3 heteroatoms. The molecule has 0 amide bonds. The third-order valence-electron chi connectivity index (χ3n) is 8.75. The number of carbonyl (C=O) groups excluding carboxylic acids is 1. The van der Waals surface area contributed by atoms with E-state index in [-0.39, 0.29) is 16.7 Å². The summed E-state index contributed by atoms with van der Waals surface area (Å²) in [7, 11) is 0. The van der Waals surface area contributed by atoms with Crippen molar-refractivity contribution in [2.45, 2.75) is 75.0 Å². The second-order valence-corrected chi connectivity index (χ2v) is 10.5. The van der Waals surface area contributed by atoms with Crippen LogP contribution in [0.3, 0.4) is 0 Å². The molecule has 0 radical (unpaired) electrons. The molecule has 0 N–H and O–H groups in total. The van der Waals surface area contributed by atoms with Gasteiger partial charge in [0.25, 0.3) is 0 Å². The molecule has 176 valence electrons. The summed E-state index contributed by atoms with van der Waals surface area (Å²) in [6.45, 7) is 0. The van der Waals surface area contributed by atoms with E-state index in [0.717, 1.165) is 36.4 Å². The third kappa shape index (κ3) is 3.61. The van der Waals surface area contributed by atoms with Crippen molar-refractivity contribution in [2.24, 2.45) is 9.98 Å². The molecule has 3 aromatic carbocycles. The Bertz CT molecular complexity index is 1390. The van der Waals surface area contributed by atoms with Crippen molar-refractivity contribution in [2.75, 3.05) is 0 Å². The fraction of sp³-hybridized carbons (Fsp3) is 0.375. The summed E-state index contributed by atoms with van der Waals surface area (Å²) in [5.74, 6) is 2.14. The summed E-state index contributed by atoms with van der Waals surface area (Å²) in [5.41, 5.74) is 5.32. The average Bonchev–Trinajstić information content (AvgIpc) is 3.38. The highest BCUT2D eigenvalue weighted by Gasteiger charge is 2.45. The molecule has 0 atom stereocenters. The number of benzene rings is 3. The number of rotatable bonds is 4. The standard InChI is InChI=1S/C32H32N2O/c35-23-28-33-27-18-17-26(31(19-9-3-10-20-31)24-13-5-1-6-14-24)29(30(27)34-28)32(21-11-4-12-22-32)25-15-7-2-8-16-25/h1-2,5-8,13-18H,3-4,9-12,19-22H2. The maximum Gasteiger partial charge on any atom is 0.240 e. The summed E-state index contributed by atoms with van der Waals surface area (Å²) in [6, 6.07) is 26.6. The van der Waals surface area contributed by atoms with E-state index in [1.807, 2.05) is 5.94 Å². The lowest BCUT2D eigenvalue weighted by atomic mass is 9.58. The minimum absolute atomic E-state index is 0.0493. The quantitative estimate of drug-likeness (QED) is 0.433. The van der Waals surface area contributed by atoms with Gasteiger partial charge in [0, 0.05) is 10.8 Å². The molecule has 0 saturated heterocycles. The summed E-state index contributed by atoms with van der Waals surface area (Å²) >= 11 is 0. The van der Waals surface area contributed by atoms with Gasteiger partial charge in [-0.1, -0.05) is 105 Å². The molecule has 0 aromatic heterocycles. The summed E-state index contributed by atoms with van der Waals surface area (Å²) in [6.07, 6.45) is 11.9. The predicted molar refractivity (Wildman–Crippen MR) is 139 cm³/mol. The van der Waals surface area contributed by atoms with E-state index >= 15 is 0 Å². The van der Waals surface area contributed by atoms with Gasteiger partial charge in [-0.15, -0.1) is 0 Å². The van der Waals surface area contributed by atoms with Gasteiger partial charge in [0.05, 0.1) is 10.7 Å². The van der Waals surface area contributed by atoms with Crippen LogP contribution < -0.4 is 10.7 Å². The Hall–Kier alpha value is -3.29. The molecule has 0 spiro atoms. The molecular weight excluding hydrogens is 428 g/mol. The first-order chi connectivity index (χ1) is 17.3. The Morgan fingerprint density at radius 2 is 1.14 bits per heavy atom. The van der Waals surface area contributed by atoms with Crippen molar-refractivity contribution in [3.63, 3.8) is 0 Å². The molecule has 0 bridgehead atoms. The molecule has 6 rings (SSSR count). The van der Waals surface area contributed by atoms with Crippen LogP contribution in [0.5, 0.6) is 0 Å². The zero-order valence-corrected chi connectivity index (χ0v) is 20.3. The largest absolute Gasteiger partial charge is 0.240 e. The van der Waals surface area contributed by atoms with Gasteiger partial charge >= 0.3 is 0 Å². The predicted octanol–water partition coefficient (Wildman–Crippen LogP) is 6.11. The van der Waals surface area contributed by atoms with E-state index in [1.165, 1.54) is 60.8 Å². The van der Waals surface area contributed by atoms with Gasteiger partial charge in [-0.05, 0) is 54.0 Å². The Balaban J connectivity index is 1.72. The van der Waals surface area contributed by atoms with Gasteiger partial charge in [-0.3, -0.25) is 0 Å². The van der Waals surface area contributed by atoms with Crippen LogP contribution >= 0.6 is 0 Å². The van der Waals surface area contributed by atoms with Gasteiger partial charge < -0.3 is 0 Å². The average molecular weight is 461 g/mol. The van der Waals surface area contributed by atoms with E-state index < -0.39 is 0 Å². The molecule has 2 saturated carbocycles. The van der Waals surface area contributed by atoms with E-state index in [9.17, 15) is 4.79 Å². The third-order valence-corrected chi connectivity index (χ3v) is 8.75. The van der Waals surface area contributed by atoms with E-state index in [2.05, 4.69) is 77.8 Å². The molecule has 2 aliphatic carbocycles. The van der Waals surface area contributed by atoms with Crippen molar-refractivity contribution < 1.29 is 4.79 Å². The Labute approximate surface area is 207 Å². The highest BCUT2D eigenvalue weighted by Crippen LogP contribution is 2.51. The molecule has 3 aliphatic rings. The first-order valence-corrected chi connectivity index (χ1v) is 13.2. The van der Waals surface area contributed by atoms with E-state index in [4.69, 9.17) is 4.99 Å². The van der Waals surface area contributed by atoms with Gasteiger partial charge in [0.2, 0.25) is 5.82 Å². The second-order valence-electron chi connectivity index (χ2n) is 10.5. The summed E-state index contributed by atoms with van der Waals surface area (Å²) < 4.78 is 0. The monoisotopic (exact) mass is 460 g/mol. The maximum atomic E-state index is 11.6. The minimum atomic E-state index is -0.128. The van der Waals surface area contributed by atoms with Crippen LogP contribution in [0.1, 0.15) is 86.5 Å². The van der Waals surface area contributed by atoms with Crippen molar-refractivity contribution in [1.29, 1.82) is 0 Å². The van der Waals surface area contributed by atoms with Crippen molar-refractivity contribution in [3.05, 3.63) is 112 Å². The van der Waals surface area contributed by atoms with Crippen LogP contribution in [0, 0.1) is 0 Å². The number of hydrogen-bond acceptors (Lipinski definition) is 3. The van der Waals surface area contributed by atoms with Gasteiger partial charge in [0.1, 0.15) is 0 Å². The van der Waals surface area contributed by atoms with Crippen LogP contribution in [0.4, 0.5) is 0 Å². The lowest BCUT2D eigenvalue weighted by Gasteiger charge is -2.45. The molecule has 3 aromatic rings. The van der Waals surface area contributed by atoms with E-state index in [0.29, 0.717) is 0 Å². The van der Waals surface area contributed by atoms with Crippen molar-refractivity contribution in [1.82, 2.24) is 0 Å². The Kier molecular flexibility index (Phi) is 5.74. The molecule has 0 unspecified atom stereocenters. The van der Waals surface area contributed by atoms with Crippen LogP contribution in [-0.4, -0.2) is 5.94 Å². The topological polar surface area (TPSA) is 41.8 Å². The first kappa shape index (κ1) is 22.2. The molecular formula is C32H32N2O. The zero-order chi connectivity index (χ0) is 23.7. The minimum Gasteiger partial charge on any atom is -0.229 e. The van der Waals surface area contributed by atoms with Gasteiger partial charge in [-0.25, -0.2) is 14.8 Å². The summed E-state index contributed by atoms with van der Waals surface area (Å²) in [5, 5.41) is 1.73. The molecule has 35 heavy (non-hydrogen) atoms. The lowest BCUT2D eigenvalue weighted by Crippen LogP contribution is -2.45. The smallest absolute Gasteiger partial charge is 0.229 e. The van der Waals surface area contributed by atoms with Crippen LogP contribution in [0.15, 0.2) is 88.6 Å². The van der Waals surface area contributed by atoms with Crippen LogP contribution in [0.25, 0.3) is 0 Å². The fourth-order valence-electron chi connectivity index (χ4n) is 7.18. The first-order valence-electron chi connectivity index (χ1n) is 13.2. The molecule has 1 aliphatic heterocycles. The molecule has 2 fully saturated rings. The normalized spacial score (nSPS) is 20.3. The van der Waals surface area contributed by atoms with Crippen LogP contribution in [0.2, 0.25) is 0 Å². The lowest BCUT2D eigenvalue weighted by molar-refractivity contribution is 0.314. The van der Waals surface area contributed by atoms with E-state index in [1.54, 1.807) is 0 Å².